The Kier molecular flexibility index (Phi) is 5.71. The Morgan fingerprint density at radius 2 is 1.70 bits per heavy atom. The molecule has 2 atom stereocenters. The van der Waals surface area contributed by atoms with Crippen LogP contribution in [0.1, 0.15) is 42.4 Å². The maximum Gasteiger partial charge on any atom is 0.238 e. The number of benzene rings is 1. The number of aliphatic hydroxyl groups excluding tert-OH is 1. The van der Waals surface area contributed by atoms with E-state index in [4.69, 9.17) is 0 Å². The molecule has 0 spiro atoms. The number of fused-ring (bicyclic) bond motifs is 2. The summed E-state index contributed by atoms with van der Waals surface area (Å²) in [5, 5.41) is 12.9. The van der Waals surface area contributed by atoms with Crippen molar-refractivity contribution in [3.63, 3.8) is 0 Å². The third-order valence-electron chi connectivity index (χ3n) is 5.13. The van der Waals surface area contributed by atoms with Gasteiger partial charge in [-0.15, -0.1) is 12.4 Å². The molecular formula is C18H27ClN2O2. The van der Waals surface area contributed by atoms with Gasteiger partial charge in [-0.3, -0.25) is 9.69 Å². The number of carbonyl (C=O) groups is 1. The fourth-order valence-corrected chi connectivity index (χ4v) is 4.23. The molecule has 2 N–H and O–H groups in total. The first-order valence-electron chi connectivity index (χ1n) is 8.25. The Bertz CT molecular complexity index is 553. The highest BCUT2D eigenvalue weighted by Crippen LogP contribution is 2.35. The third-order valence-corrected chi connectivity index (χ3v) is 5.13. The molecule has 2 unspecified atom stereocenters. The Morgan fingerprint density at radius 3 is 2.22 bits per heavy atom. The largest absolute Gasteiger partial charge is 0.393 e. The van der Waals surface area contributed by atoms with Crippen LogP contribution in [-0.4, -0.2) is 40.6 Å². The Hall–Kier alpha value is -1.10. The number of aryl methyl sites for hydroxylation is 3. The van der Waals surface area contributed by atoms with E-state index in [2.05, 4.69) is 29.3 Å². The van der Waals surface area contributed by atoms with Crippen LogP contribution in [0.4, 0.5) is 5.69 Å². The predicted octanol–water partition coefficient (Wildman–Crippen LogP) is 2.96. The second-order valence-corrected chi connectivity index (χ2v) is 7.00. The normalized spacial score (nSPS) is 26.7. The monoisotopic (exact) mass is 338 g/mol. The van der Waals surface area contributed by atoms with E-state index in [1.165, 1.54) is 5.56 Å². The molecule has 0 radical (unpaired) electrons. The summed E-state index contributed by atoms with van der Waals surface area (Å²) in [7, 11) is 0. The lowest BCUT2D eigenvalue weighted by atomic mass is 10.00. The molecule has 1 aromatic rings. The fourth-order valence-electron chi connectivity index (χ4n) is 4.23. The van der Waals surface area contributed by atoms with Crippen molar-refractivity contribution in [2.24, 2.45) is 0 Å². The zero-order valence-electron chi connectivity index (χ0n) is 14.1. The van der Waals surface area contributed by atoms with Gasteiger partial charge >= 0.3 is 0 Å². The molecule has 23 heavy (non-hydrogen) atoms. The molecule has 2 saturated heterocycles. The number of anilines is 1. The molecule has 1 amide bonds. The summed E-state index contributed by atoms with van der Waals surface area (Å²) < 4.78 is 0. The second-order valence-electron chi connectivity index (χ2n) is 7.00. The van der Waals surface area contributed by atoms with Gasteiger partial charge in [-0.05, 0) is 57.6 Å². The van der Waals surface area contributed by atoms with Gasteiger partial charge in [-0.25, -0.2) is 0 Å². The minimum absolute atomic E-state index is 0. The average Bonchev–Trinajstić information content (AvgIpc) is 2.66. The number of halogens is 1. The van der Waals surface area contributed by atoms with Crippen molar-refractivity contribution in [2.45, 2.75) is 64.6 Å². The highest BCUT2D eigenvalue weighted by atomic mass is 35.5. The van der Waals surface area contributed by atoms with Crippen LogP contribution in [0.25, 0.3) is 0 Å². The minimum Gasteiger partial charge on any atom is -0.393 e. The number of hydrogen-bond donors (Lipinski definition) is 2. The van der Waals surface area contributed by atoms with Crippen molar-refractivity contribution in [2.75, 3.05) is 11.9 Å². The number of hydrogen-bond acceptors (Lipinski definition) is 3. The summed E-state index contributed by atoms with van der Waals surface area (Å²) in [6.07, 6.45) is 3.66. The van der Waals surface area contributed by atoms with E-state index in [0.717, 1.165) is 42.5 Å². The average molecular weight is 339 g/mol. The number of nitrogens with zero attached hydrogens (tertiary/aromatic N) is 1. The first kappa shape index (κ1) is 18.2. The Labute approximate surface area is 144 Å². The van der Waals surface area contributed by atoms with E-state index < -0.39 is 0 Å². The van der Waals surface area contributed by atoms with Crippen LogP contribution in [0.5, 0.6) is 0 Å². The molecule has 0 aromatic heterocycles. The maximum atomic E-state index is 12.5. The summed E-state index contributed by atoms with van der Waals surface area (Å²) in [4.78, 5) is 14.7. The van der Waals surface area contributed by atoms with Crippen LogP contribution >= 0.6 is 12.4 Å². The molecule has 2 heterocycles. The molecule has 2 fully saturated rings. The summed E-state index contributed by atoms with van der Waals surface area (Å²) in [6.45, 7) is 6.59. The first-order chi connectivity index (χ1) is 10.4. The van der Waals surface area contributed by atoms with Gasteiger partial charge in [0, 0.05) is 17.8 Å². The molecule has 1 aromatic carbocycles. The molecule has 2 bridgehead atoms. The van der Waals surface area contributed by atoms with Gasteiger partial charge < -0.3 is 10.4 Å². The van der Waals surface area contributed by atoms with Crippen LogP contribution in [0.2, 0.25) is 0 Å². The molecule has 0 aliphatic carbocycles. The number of carbonyl (C=O) groups excluding carboxylic acids is 1. The van der Waals surface area contributed by atoms with Gasteiger partial charge in [0.15, 0.2) is 0 Å². The lowest BCUT2D eigenvalue weighted by Gasteiger charge is -2.36. The fraction of sp³-hybridized carbons (Fsp3) is 0.611. The zero-order chi connectivity index (χ0) is 15.9. The minimum atomic E-state index is -0.182. The standard InChI is InChI=1S/C18H26N2O2.ClH/c1-11-6-12(2)18(13(3)7-11)19-17(22)10-20-14-4-5-15(20)9-16(21)8-14;/h6-7,14-16,21H,4-5,8-10H2,1-3H3,(H,19,22);1H. The molecule has 3 rings (SSSR count). The van der Waals surface area contributed by atoms with Crippen LogP contribution < -0.4 is 5.32 Å². The molecule has 128 valence electrons. The van der Waals surface area contributed by atoms with E-state index in [1.54, 1.807) is 0 Å². The maximum absolute atomic E-state index is 12.5. The molecular weight excluding hydrogens is 312 g/mol. The van der Waals surface area contributed by atoms with Crippen molar-refractivity contribution in [3.8, 4) is 0 Å². The van der Waals surface area contributed by atoms with Gasteiger partial charge in [0.25, 0.3) is 0 Å². The Balaban J connectivity index is 0.00000192. The number of amides is 1. The van der Waals surface area contributed by atoms with E-state index in [1.807, 2.05) is 13.8 Å². The molecule has 4 nitrogen and oxygen atoms in total. The summed E-state index contributed by atoms with van der Waals surface area (Å²) in [6, 6.07) is 4.95. The smallest absolute Gasteiger partial charge is 0.238 e. The number of rotatable bonds is 3. The summed E-state index contributed by atoms with van der Waals surface area (Å²) in [5.74, 6) is 0.0587. The van der Waals surface area contributed by atoms with E-state index in [-0.39, 0.29) is 24.4 Å². The van der Waals surface area contributed by atoms with Crippen molar-refractivity contribution >= 4 is 24.0 Å². The lowest BCUT2D eigenvalue weighted by Crippen LogP contribution is -2.47. The van der Waals surface area contributed by atoms with E-state index in [0.29, 0.717) is 18.6 Å². The van der Waals surface area contributed by atoms with Gasteiger partial charge in [-0.1, -0.05) is 17.7 Å². The highest BCUT2D eigenvalue weighted by Gasteiger charge is 2.40. The highest BCUT2D eigenvalue weighted by molar-refractivity contribution is 5.93. The predicted molar refractivity (Wildman–Crippen MR) is 95.3 cm³/mol. The van der Waals surface area contributed by atoms with Crippen LogP contribution in [-0.2, 0) is 4.79 Å². The van der Waals surface area contributed by atoms with Crippen molar-refractivity contribution < 1.29 is 9.90 Å². The number of aliphatic hydroxyl groups is 1. The number of piperidine rings is 1. The third kappa shape index (κ3) is 3.87. The summed E-state index contributed by atoms with van der Waals surface area (Å²) >= 11 is 0. The van der Waals surface area contributed by atoms with Crippen molar-refractivity contribution in [3.05, 3.63) is 28.8 Å². The van der Waals surface area contributed by atoms with Gasteiger partial charge in [0.2, 0.25) is 5.91 Å². The van der Waals surface area contributed by atoms with Gasteiger partial charge in [0.1, 0.15) is 0 Å². The van der Waals surface area contributed by atoms with E-state index in [9.17, 15) is 9.90 Å². The molecule has 5 heteroatoms. The van der Waals surface area contributed by atoms with Crippen molar-refractivity contribution in [1.82, 2.24) is 4.90 Å². The van der Waals surface area contributed by atoms with Crippen LogP contribution in [0, 0.1) is 20.8 Å². The zero-order valence-corrected chi connectivity index (χ0v) is 14.9. The molecule has 2 aliphatic heterocycles. The van der Waals surface area contributed by atoms with Gasteiger partial charge in [-0.2, -0.15) is 0 Å². The second kappa shape index (κ2) is 7.20. The van der Waals surface area contributed by atoms with Crippen LogP contribution in [0.3, 0.4) is 0 Å². The Morgan fingerprint density at radius 1 is 1.17 bits per heavy atom. The number of nitrogens with one attached hydrogen (secondary N) is 1. The molecule has 0 saturated carbocycles. The lowest BCUT2D eigenvalue weighted by molar-refractivity contribution is -0.119. The SMILES string of the molecule is Cc1cc(C)c(NC(=O)CN2C3CCC2CC(O)C3)c(C)c1.Cl. The molecule has 2 aliphatic rings. The quantitative estimate of drug-likeness (QED) is 0.891. The first-order valence-corrected chi connectivity index (χ1v) is 8.25. The topological polar surface area (TPSA) is 52.6 Å². The van der Waals surface area contributed by atoms with Crippen molar-refractivity contribution in [1.29, 1.82) is 0 Å². The van der Waals surface area contributed by atoms with Gasteiger partial charge in [0.05, 0.1) is 12.6 Å². The summed E-state index contributed by atoms with van der Waals surface area (Å²) in [5.41, 5.74) is 4.39. The van der Waals surface area contributed by atoms with E-state index >= 15 is 0 Å². The van der Waals surface area contributed by atoms with Crippen LogP contribution in [0.15, 0.2) is 12.1 Å².